The van der Waals surface area contributed by atoms with E-state index in [0.717, 1.165) is 0 Å². The molecule has 0 saturated carbocycles. The van der Waals surface area contributed by atoms with Crippen LogP contribution in [0, 0.1) is 22.7 Å². The average Bonchev–Trinajstić information content (AvgIpc) is 4.02. The van der Waals surface area contributed by atoms with Crippen LogP contribution in [0.25, 0.3) is 0 Å². The number of hydrogen-bond acceptors (Lipinski definition) is 14. The number of hydrogen-bond donors (Lipinski definition) is 0. The van der Waals surface area contributed by atoms with Crippen LogP contribution in [-0.2, 0) is 30.3 Å². The van der Waals surface area contributed by atoms with Crippen molar-refractivity contribution in [1.29, 1.82) is 10.5 Å². The van der Waals surface area contributed by atoms with Gasteiger partial charge in [-0.15, -0.1) is 0 Å². The number of nitrogens with zero attached hydrogens (tertiary/aromatic N) is 6. The maximum Gasteiger partial charge on any atom is 0.338 e. The zero-order valence-electron chi connectivity index (χ0n) is 38.6. The second kappa shape index (κ2) is 20.4. The van der Waals surface area contributed by atoms with Crippen LogP contribution in [0.5, 0.6) is 0 Å². The normalized spacial score (nSPS) is 14.1. The molecule has 6 aromatic carbocycles. The predicted molar refractivity (Wildman–Crippen MR) is 261 cm³/mol. The lowest BCUT2D eigenvalue weighted by atomic mass is 9.79. The SMILES string of the molecule is CCOC(=O)c1ccc(C2=NC(c3ccccc3C#N)(C3(c4ccccc4C#N)N=C(c4ccc(C(=O)OCC)cc4)C(c4ccc(C(=O)OCC)cc4)=N3)N=C2c2ccc(C(=O)OCC)cc2)cc1. The van der Waals surface area contributed by atoms with Gasteiger partial charge < -0.3 is 18.9 Å². The fourth-order valence-electron chi connectivity index (χ4n) is 8.33. The van der Waals surface area contributed by atoms with Crippen molar-refractivity contribution in [1.82, 2.24) is 0 Å². The van der Waals surface area contributed by atoms with Crippen LogP contribution in [0.15, 0.2) is 166 Å². The Balaban J connectivity index is 1.51. The Morgan fingerprint density at radius 2 is 0.614 bits per heavy atom. The zero-order valence-corrected chi connectivity index (χ0v) is 38.6. The largest absolute Gasteiger partial charge is 0.462 e. The molecule has 2 aliphatic rings. The highest BCUT2D eigenvalue weighted by atomic mass is 16.5. The van der Waals surface area contributed by atoms with E-state index in [2.05, 4.69) is 12.1 Å². The standard InChI is InChI=1S/C56H44N6O8/c1-5-67-51(63)39-25-17-35(18-26-39)47-48(36-19-27-40(28-20-36)52(64)68-6-2)60-55(59-47,45-15-11-9-13-43(45)33-57)56(46-16-12-10-14-44(46)34-58)61-49(37-21-29-41(30-22-37)53(65)69-7-3)50(62-56)38-23-31-42(32-24-38)54(66)70-8-4/h9-32H,5-8H2,1-4H3. The van der Waals surface area contributed by atoms with E-state index in [1.54, 1.807) is 173 Å². The van der Waals surface area contributed by atoms with Gasteiger partial charge in [0.2, 0.25) is 11.3 Å². The molecule has 0 aliphatic carbocycles. The molecule has 14 nitrogen and oxygen atoms in total. The lowest BCUT2D eigenvalue weighted by molar-refractivity contribution is 0.0516. The number of rotatable bonds is 15. The summed E-state index contributed by atoms with van der Waals surface area (Å²) >= 11 is 0. The summed E-state index contributed by atoms with van der Waals surface area (Å²) in [4.78, 5) is 74.0. The number of ether oxygens (including phenoxy) is 4. The van der Waals surface area contributed by atoms with Gasteiger partial charge in [-0.05, 0) is 88.4 Å². The van der Waals surface area contributed by atoms with Gasteiger partial charge in [0.25, 0.3) is 0 Å². The van der Waals surface area contributed by atoms with Crippen LogP contribution in [0.2, 0.25) is 0 Å². The van der Waals surface area contributed by atoms with Gasteiger partial charge >= 0.3 is 23.9 Å². The van der Waals surface area contributed by atoms with Crippen LogP contribution in [0.1, 0.15) is 114 Å². The number of carbonyl (C=O) groups excluding carboxylic acids is 4. The van der Waals surface area contributed by atoms with Gasteiger partial charge in [-0.1, -0.05) is 84.9 Å². The lowest BCUT2D eigenvalue weighted by Gasteiger charge is -2.39. The highest BCUT2D eigenvalue weighted by Crippen LogP contribution is 2.56. The Morgan fingerprint density at radius 3 is 0.829 bits per heavy atom. The second-order valence-electron chi connectivity index (χ2n) is 15.7. The number of nitriles is 2. The number of carbonyl (C=O) groups is 4. The first-order valence-corrected chi connectivity index (χ1v) is 22.5. The summed E-state index contributed by atoms with van der Waals surface area (Å²) in [6.07, 6.45) is 0. The minimum absolute atomic E-state index is 0.176. The third kappa shape index (κ3) is 8.77. The van der Waals surface area contributed by atoms with Crippen molar-refractivity contribution in [2.75, 3.05) is 26.4 Å². The number of benzene rings is 6. The first kappa shape index (κ1) is 47.4. The first-order chi connectivity index (χ1) is 34.0. The minimum atomic E-state index is -2.04. The molecule has 2 heterocycles. The molecule has 0 unspecified atom stereocenters. The molecule has 0 amide bonds. The van der Waals surface area contributed by atoms with Crippen molar-refractivity contribution in [2.45, 2.75) is 39.0 Å². The van der Waals surface area contributed by atoms with E-state index in [4.69, 9.17) is 38.9 Å². The van der Waals surface area contributed by atoms with E-state index < -0.39 is 35.2 Å². The molecule has 70 heavy (non-hydrogen) atoms. The number of aliphatic imine (C=N–C) groups is 4. The third-order valence-electron chi connectivity index (χ3n) is 11.6. The quantitative estimate of drug-likeness (QED) is 0.0706. The Labute approximate surface area is 403 Å². The van der Waals surface area contributed by atoms with Crippen molar-refractivity contribution >= 4 is 46.7 Å². The number of esters is 4. The molecule has 0 atom stereocenters. The first-order valence-electron chi connectivity index (χ1n) is 22.5. The summed E-state index contributed by atoms with van der Waals surface area (Å²) in [7, 11) is 0. The van der Waals surface area contributed by atoms with Crippen LogP contribution in [-0.4, -0.2) is 73.2 Å². The Kier molecular flexibility index (Phi) is 13.8. The molecule has 0 spiro atoms. The molecule has 0 fully saturated rings. The molecule has 6 aromatic rings. The highest BCUT2D eigenvalue weighted by Gasteiger charge is 2.62. The van der Waals surface area contributed by atoms with Crippen LogP contribution >= 0.6 is 0 Å². The Morgan fingerprint density at radius 1 is 0.386 bits per heavy atom. The van der Waals surface area contributed by atoms with E-state index in [0.29, 0.717) is 67.4 Å². The monoisotopic (exact) mass is 928 g/mol. The molecular weight excluding hydrogens is 885 g/mol. The fraction of sp³-hybridized carbons (Fsp3) is 0.179. The maximum absolute atomic E-state index is 12.9. The highest BCUT2D eigenvalue weighted by molar-refractivity contribution is 6.56. The zero-order chi connectivity index (χ0) is 49.4. The molecule has 0 radical (unpaired) electrons. The van der Waals surface area contributed by atoms with Gasteiger partial charge in [0.05, 0.1) is 94.8 Å². The van der Waals surface area contributed by atoms with E-state index in [1.165, 1.54) is 0 Å². The van der Waals surface area contributed by atoms with Crippen molar-refractivity contribution < 1.29 is 38.1 Å². The molecule has 0 saturated heterocycles. The van der Waals surface area contributed by atoms with E-state index in [1.807, 2.05) is 0 Å². The third-order valence-corrected chi connectivity index (χ3v) is 11.6. The van der Waals surface area contributed by atoms with Gasteiger partial charge in [-0.3, -0.25) is 0 Å². The molecule has 0 aromatic heterocycles. The smallest absolute Gasteiger partial charge is 0.338 e. The van der Waals surface area contributed by atoms with Crippen LogP contribution in [0.3, 0.4) is 0 Å². The van der Waals surface area contributed by atoms with Gasteiger partial charge in [-0.25, -0.2) is 39.1 Å². The van der Waals surface area contributed by atoms with Crippen molar-refractivity contribution in [3.8, 4) is 12.1 Å². The summed E-state index contributed by atoms with van der Waals surface area (Å²) < 4.78 is 21.2. The van der Waals surface area contributed by atoms with E-state index in [-0.39, 0.29) is 48.7 Å². The van der Waals surface area contributed by atoms with Gasteiger partial charge in [0, 0.05) is 33.4 Å². The topological polar surface area (TPSA) is 202 Å². The lowest BCUT2D eigenvalue weighted by Crippen LogP contribution is -2.44. The molecule has 346 valence electrons. The Hall–Kier alpha value is -9.14. The van der Waals surface area contributed by atoms with Crippen molar-refractivity contribution in [3.63, 3.8) is 0 Å². The average molecular weight is 929 g/mol. The van der Waals surface area contributed by atoms with Crippen molar-refractivity contribution in [2.24, 2.45) is 20.0 Å². The second-order valence-corrected chi connectivity index (χ2v) is 15.7. The van der Waals surface area contributed by atoms with E-state index >= 15 is 0 Å². The van der Waals surface area contributed by atoms with Crippen molar-refractivity contribution in [3.05, 3.63) is 212 Å². The van der Waals surface area contributed by atoms with E-state index in [9.17, 15) is 29.7 Å². The predicted octanol–water partition coefficient (Wildman–Crippen LogP) is 9.13. The summed E-state index contributed by atoms with van der Waals surface area (Å²) in [5, 5.41) is 21.9. The minimum Gasteiger partial charge on any atom is -0.462 e. The molecule has 14 heteroatoms. The summed E-state index contributed by atoms with van der Waals surface area (Å²) in [5.74, 6) is -2.07. The fourth-order valence-corrected chi connectivity index (χ4v) is 8.33. The van der Waals surface area contributed by atoms with Gasteiger partial charge in [0.1, 0.15) is 0 Å². The molecule has 2 aliphatic heterocycles. The maximum atomic E-state index is 12.9. The summed E-state index contributed by atoms with van der Waals surface area (Å²) in [6.45, 7) is 7.58. The molecule has 8 rings (SSSR count). The summed E-state index contributed by atoms with van der Waals surface area (Å²) in [5.41, 5.74) is 1.29. The summed E-state index contributed by atoms with van der Waals surface area (Å²) in [6, 6.07) is 44.9. The van der Waals surface area contributed by atoms with Crippen LogP contribution < -0.4 is 0 Å². The Bertz CT molecular complexity index is 2860. The van der Waals surface area contributed by atoms with Crippen LogP contribution in [0.4, 0.5) is 0 Å². The molecular formula is C56H44N6O8. The molecule has 0 N–H and O–H groups in total. The van der Waals surface area contributed by atoms with Gasteiger partial charge in [-0.2, -0.15) is 10.5 Å². The van der Waals surface area contributed by atoms with Gasteiger partial charge in [0.15, 0.2) is 0 Å². The molecule has 0 bridgehead atoms.